The first-order valence-corrected chi connectivity index (χ1v) is 7.22. The molecule has 0 saturated heterocycles. The summed E-state index contributed by atoms with van der Waals surface area (Å²) in [5.41, 5.74) is 8.13. The van der Waals surface area contributed by atoms with Crippen LogP contribution in [-0.2, 0) is 6.42 Å². The lowest BCUT2D eigenvalue weighted by Crippen LogP contribution is -2.11. The number of aryl methyl sites for hydroxylation is 1. The van der Waals surface area contributed by atoms with E-state index >= 15 is 0 Å². The summed E-state index contributed by atoms with van der Waals surface area (Å²) in [5, 5.41) is 0. The van der Waals surface area contributed by atoms with E-state index in [2.05, 4.69) is 15.9 Å². The van der Waals surface area contributed by atoms with Crippen molar-refractivity contribution in [1.29, 1.82) is 0 Å². The van der Waals surface area contributed by atoms with Gasteiger partial charge in [-0.05, 0) is 54.3 Å². The number of rotatable bonds is 5. The highest BCUT2D eigenvalue weighted by molar-refractivity contribution is 9.10. The zero-order chi connectivity index (χ0) is 14.5. The number of hydrogen-bond donors (Lipinski definition) is 1. The van der Waals surface area contributed by atoms with Crippen molar-refractivity contribution in [2.24, 2.45) is 5.73 Å². The molecule has 4 heteroatoms. The molecule has 2 aromatic rings. The summed E-state index contributed by atoms with van der Waals surface area (Å²) in [5.74, 6) is 0.571. The van der Waals surface area contributed by atoms with Crippen molar-refractivity contribution in [3.05, 3.63) is 63.9 Å². The predicted octanol–water partition coefficient (Wildman–Crippen LogP) is 4.23. The molecule has 0 radical (unpaired) electrons. The topological polar surface area (TPSA) is 35.2 Å². The van der Waals surface area contributed by atoms with Gasteiger partial charge in [-0.3, -0.25) is 0 Å². The second-order valence-electron chi connectivity index (χ2n) is 4.70. The third-order valence-electron chi connectivity index (χ3n) is 3.22. The third-order valence-corrected chi connectivity index (χ3v) is 3.67. The SMILES string of the molecule is COc1ccc(CCC(N)c2cc(F)cc(Br)c2)cc1. The number of hydrogen-bond acceptors (Lipinski definition) is 2. The molecule has 0 aliphatic carbocycles. The summed E-state index contributed by atoms with van der Waals surface area (Å²) in [4.78, 5) is 0. The number of methoxy groups -OCH3 is 1. The van der Waals surface area contributed by atoms with Gasteiger partial charge in [0.15, 0.2) is 0 Å². The number of halogens is 2. The highest BCUT2D eigenvalue weighted by Crippen LogP contribution is 2.22. The van der Waals surface area contributed by atoms with Gasteiger partial charge in [-0.25, -0.2) is 4.39 Å². The quantitative estimate of drug-likeness (QED) is 0.886. The molecule has 20 heavy (non-hydrogen) atoms. The van der Waals surface area contributed by atoms with E-state index in [1.165, 1.54) is 17.7 Å². The number of benzene rings is 2. The van der Waals surface area contributed by atoms with Gasteiger partial charge in [0, 0.05) is 10.5 Å². The first kappa shape index (κ1) is 15.0. The Morgan fingerprint density at radius 3 is 2.50 bits per heavy atom. The minimum Gasteiger partial charge on any atom is -0.497 e. The Morgan fingerprint density at radius 2 is 1.90 bits per heavy atom. The van der Waals surface area contributed by atoms with Gasteiger partial charge in [0.2, 0.25) is 0 Å². The highest BCUT2D eigenvalue weighted by atomic mass is 79.9. The van der Waals surface area contributed by atoms with E-state index < -0.39 is 0 Å². The van der Waals surface area contributed by atoms with E-state index in [4.69, 9.17) is 10.5 Å². The summed E-state index contributed by atoms with van der Waals surface area (Å²) < 4.78 is 19.2. The molecule has 0 amide bonds. The van der Waals surface area contributed by atoms with Crippen LogP contribution in [0.1, 0.15) is 23.6 Å². The van der Waals surface area contributed by atoms with Gasteiger partial charge in [-0.2, -0.15) is 0 Å². The molecule has 2 N–H and O–H groups in total. The van der Waals surface area contributed by atoms with Gasteiger partial charge in [0.05, 0.1) is 7.11 Å². The molecule has 0 fully saturated rings. The normalized spacial score (nSPS) is 12.2. The van der Waals surface area contributed by atoms with Crippen molar-refractivity contribution in [1.82, 2.24) is 0 Å². The van der Waals surface area contributed by atoms with Crippen LogP contribution in [0.15, 0.2) is 46.9 Å². The Labute approximate surface area is 126 Å². The largest absolute Gasteiger partial charge is 0.497 e. The van der Waals surface area contributed by atoms with E-state index in [0.717, 1.165) is 24.2 Å². The first-order chi connectivity index (χ1) is 9.58. The molecule has 2 aromatic carbocycles. The van der Waals surface area contributed by atoms with Crippen molar-refractivity contribution in [2.45, 2.75) is 18.9 Å². The molecule has 0 heterocycles. The molecule has 2 nitrogen and oxygen atoms in total. The first-order valence-electron chi connectivity index (χ1n) is 6.43. The van der Waals surface area contributed by atoms with Crippen LogP contribution >= 0.6 is 15.9 Å². The van der Waals surface area contributed by atoms with Crippen LogP contribution < -0.4 is 10.5 Å². The van der Waals surface area contributed by atoms with E-state index in [-0.39, 0.29) is 11.9 Å². The van der Waals surface area contributed by atoms with Gasteiger partial charge in [-0.1, -0.05) is 28.1 Å². The van der Waals surface area contributed by atoms with E-state index in [9.17, 15) is 4.39 Å². The van der Waals surface area contributed by atoms with Crippen molar-refractivity contribution < 1.29 is 9.13 Å². The van der Waals surface area contributed by atoms with Crippen LogP contribution in [0.4, 0.5) is 4.39 Å². The van der Waals surface area contributed by atoms with Crippen molar-refractivity contribution >= 4 is 15.9 Å². The van der Waals surface area contributed by atoms with Crippen LogP contribution in [0, 0.1) is 5.82 Å². The monoisotopic (exact) mass is 337 g/mol. The van der Waals surface area contributed by atoms with Gasteiger partial charge < -0.3 is 10.5 Å². The lowest BCUT2D eigenvalue weighted by molar-refractivity contribution is 0.414. The fourth-order valence-corrected chi connectivity index (χ4v) is 2.55. The predicted molar refractivity (Wildman–Crippen MR) is 82.3 cm³/mol. The van der Waals surface area contributed by atoms with Crippen LogP contribution in [0.2, 0.25) is 0 Å². The number of ether oxygens (including phenoxy) is 1. The second-order valence-corrected chi connectivity index (χ2v) is 5.61. The molecule has 1 atom stereocenters. The standard InChI is InChI=1S/C16H17BrFNO/c1-20-15-5-2-11(3-6-15)4-7-16(19)12-8-13(17)10-14(18)9-12/h2-3,5-6,8-10,16H,4,7,19H2,1H3. The van der Waals surface area contributed by atoms with E-state index in [1.807, 2.05) is 30.3 Å². The maximum atomic E-state index is 13.3. The summed E-state index contributed by atoms with van der Waals surface area (Å²) in [6.07, 6.45) is 1.61. The third kappa shape index (κ3) is 4.05. The van der Waals surface area contributed by atoms with Gasteiger partial charge >= 0.3 is 0 Å². The maximum absolute atomic E-state index is 13.3. The molecule has 0 bridgehead atoms. The Morgan fingerprint density at radius 1 is 1.20 bits per heavy atom. The van der Waals surface area contributed by atoms with Crippen LogP contribution in [0.25, 0.3) is 0 Å². The molecule has 0 aliphatic heterocycles. The zero-order valence-electron chi connectivity index (χ0n) is 11.3. The average Bonchev–Trinajstić information content (AvgIpc) is 2.44. The molecule has 0 aromatic heterocycles. The molecular formula is C16H17BrFNO. The molecule has 1 unspecified atom stereocenters. The molecule has 106 valence electrons. The highest BCUT2D eigenvalue weighted by Gasteiger charge is 2.09. The fourth-order valence-electron chi connectivity index (χ4n) is 2.07. The Hall–Kier alpha value is -1.39. The molecule has 0 saturated carbocycles. The fraction of sp³-hybridized carbons (Fsp3) is 0.250. The lowest BCUT2D eigenvalue weighted by atomic mass is 9.99. The van der Waals surface area contributed by atoms with Crippen LogP contribution in [0.3, 0.4) is 0 Å². The Balaban J connectivity index is 1.98. The van der Waals surface area contributed by atoms with Crippen molar-refractivity contribution in [3.63, 3.8) is 0 Å². The summed E-state index contributed by atoms with van der Waals surface area (Å²) in [7, 11) is 1.65. The minimum absolute atomic E-state index is 0.177. The Kier molecular flexibility index (Phi) is 5.15. The Bertz CT molecular complexity index is 551. The second kappa shape index (κ2) is 6.86. The van der Waals surface area contributed by atoms with E-state index in [0.29, 0.717) is 4.47 Å². The van der Waals surface area contributed by atoms with Gasteiger partial charge in [0.25, 0.3) is 0 Å². The van der Waals surface area contributed by atoms with Crippen LogP contribution in [-0.4, -0.2) is 7.11 Å². The molecule has 2 rings (SSSR count). The summed E-state index contributed by atoms with van der Waals surface area (Å²) in [6.45, 7) is 0. The minimum atomic E-state index is -0.269. The van der Waals surface area contributed by atoms with Gasteiger partial charge in [-0.15, -0.1) is 0 Å². The smallest absolute Gasteiger partial charge is 0.124 e. The zero-order valence-corrected chi connectivity index (χ0v) is 12.9. The maximum Gasteiger partial charge on any atom is 0.124 e. The molecular weight excluding hydrogens is 321 g/mol. The summed E-state index contributed by atoms with van der Waals surface area (Å²) >= 11 is 3.28. The van der Waals surface area contributed by atoms with Gasteiger partial charge in [0.1, 0.15) is 11.6 Å². The van der Waals surface area contributed by atoms with Crippen molar-refractivity contribution in [2.75, 3.05) is 7.11 Å². The average molecular weight is 338 g/mol. The summed E-state index contributed by atoms with van der Waals surface area (Å²) in [6, 6.07) is 12.5. The van der Waals surface area contributed by atoms with Crippen LogP contribution in [0.5, 0.6) is 5.75 Å². The van der Waals surface area contributed by atoms with Crippen molar-refractivity contribution in [3.8, 4) is 5.75 Å². The molecule has 0 spiro atoms. The molecule has 0 aliphatic rings. The lowest BCUT2D eigenvalue weighted by Gasteiger charge is -2.13. The number of nitrogens with two attached hydrogens (primary N) is 1. The van der Waals surface area contributed by atoms with E-state index in [1.54, 1.807) is 7.11 Å².